The van der Waals surface area contributed by atoms with Gasteiger partial charge in [0.1, 0.15) is 0 Å². The molecule has 0 bridgehead atoms. The number of nitrogens with one attached hydrogen (secondary N) is 1. The van der Waals surface area contributed by atoms with E-state index in [-0.39, 0.29) is 0 Å². The van der Waals surface area contributed by atoms with Gasteiger partial charge in [0.15, 0.2) is 5.76 Å². The molecular weight excluding hydrogens is 226 g/mol. The predicted octanol–water partition coefficient (Wildman–Crippen LogP) is 2.58. The van der Waals surface area contributed by atoms with Crippen LogP contribution in [0.2, 0.25) is 0 Å². The Hall–Kier alpha value is -1.55. The lowest BCUT2D eigenvalue weighted by molar-refractivity contribution is 0.371. The molecule has 2 heterocycles. The molecule has 0 saturated heterocycles. The third-order valence-corrected chi connectivity index (χ3v) is 2.79. The van der Waals surface area contributed by atoms with Gasteiger partial charge in [-0.15, -0.1) is 0 Å². The van der Waals surface area contributed by atoms with Crippen LogP contribution in [0.3, 0.4) is 0 Å². The van der Waals surface area contributed by atoms with Crippen LogP contribution in [0.4, 0.5) is 0 Å². The molecule has 2 aromatic heterocycles. The van der Waals surface area contributed by atoms with E-state index in [4.69, 9.17) is 4.52 Å². The molecular formula is C14H21N3O. The van der Waals surface area contributed by atoms with Gasteiger partial charge in [0.05, 0.1) is 12.2 Å². The Kier molecular flexibility index (Phi) is 4.20. The third-order valence-electron chi connectivity index (χ3n) is 2.79. The second kappa shape index (κ2) is 5.87. The van der Waals surface area contributed by atoms with Crippen molar-refractivity contribution in [2.24, 2.45) is 5.92 Å². The Bertz CT molecular complexity index is 485. The molecule has 2 aromatic rings. The first kappa shape index (κ1) is 12.9. The monoisotopic (exact) mass is 247 g/mol. The molecule has 0 spiro atoms. The Balaban J connectivity index is 1.95. The van der Waals surface area contributed by atoms with Gasteiger partial charge >= 0.3 is 0 Å². The van der Waals surface area contributed by atoms with E-state index in [1.165, 1.54) is 5.69 Å². The van der Waals surface area contributed by atoms with Gasteiger partial charge < -0.3 is 14.4 Å². The van der Waals surface area contributed by atoms with E-state index in [1.807, 2.05) is 13.0 Å². The van der Waals surface area contributed by atoms with Crippen molar-refractivity contribution >= 4 is 0 Å². The zero-order valence-electron chi connectivity index (χ0n) is 11.3. The zero-order valence-corrected chi connectivity index (χ0v) is 11.3. The predicted molar refractivity (Wildman–Crippen MR) is 71.3 cm³/mol. The number of aryl methyl sites for hydroxylation is 1. The molecule has 0 unspecified atom stereocenters. The third kappa shape index (κ3) is 3.47. The van der Waals surface area contributed by atoms with E-state index < -0.39 is 0 Å². The van der Waals surface area contributed by atoms with Crippen LogP contribution in [0.1, 0.15) is 31.0 Å². The van der Waals surface area contributed by atoms with Gasteiger partial charge in [0.2, 0.25) is 0 Å². The van der Waals surface area contributed by atoms with Crippen molar-refractivity contribution in [3.63, 3.8) is 0 Å². The molecule has 4 nitrogen and oxygen atoms in total. The van der Waals surface area contributed by atoms with Gasteiger partial charge in [0.25, 0.3) is 0 Å². The molecule has 0 atom stereocenters. The number of nitrogens with zero attached hydrogens (tertiary/aromatic N) is 2. The molecule has 0 fully saturated rings. The first-order valence-electron chi connectivity index (χ1n) is 6.42. The van der Waals surface area contributed by atoms with Crippen LogP contribution >= 0.6 is 0 Å². The van der Waals surface area contributed by atoms with E-state index >= 15 is 0 Å². The van der Waals surface area contributed by atoms with Crippen LogP contribution < -0.4 is 5.32 Å². The molecule has 1 N–H and O–H groups in total. The Morgan fingerprint density at radius 2 is 2.28 bits per heavy atom. The second-order valence-electron chi connectivity index (χ2n) is 5.09. The van der Waals surface area contributed by atoms with Crippen LogP contribution in [-0.4, -0.2) is 16.3 Å². The normalized spacial score (nSPS) is 11.3. The first-order chi connectivity index (χ1) is 8.65. The van der Waals surface area contributed by atoms with E-state index in [9.17, 15) is 0 Å². The first-order valence-corrected chi connectivity index (χ1v) is 6.42. The van der Waals surface area contributed by atoms with Gasteiger partial charge in [-0.3, -0.25) is 0 Å². The minimum atomic E-state index is 0.672. The number of rotatable bonds is 6. The molecule has 0 amide bonds. The quantitative estimate of drug-likeness (QED) is 0.853. The highest BCUT2D eigenvalue weighted by molar-refractivity contribution is 5.11. The van der Waals surface area contributed by atoms with E-state index in [0.717, 1.165) is 31.1 Å². The molecule has 2 rings (SSSR count). The maximum Gasteiger partial charge on any atom is 0.156 e. The lowest BCUT2D eigenvalue weighted by atomic mass is 10.2. The van der Waals surface area contributed by atoms with E-state index in [0.29, 0.717) is 5.92 Å². The Morgan fingerprint density at radius 1 is 1.44 bits per heavy atom. The van der Waals surface area contributed by atoms with Crippen molar-refractivity contribution in [3.8, 4) is 0 Å². The summed E-state index contributed by atoms with van der Waals surface area (Å²) in [5, 5.41) is 7.36. The van der Waals surface area contributed by atoms with Gasteiger partial charge in [0, 0.05) is 24.5 Å². The fourth-order valence-electron chi connectivity index (χ4n) is 1.91. The molecule has 0 aliphatic heterocycles. The summed E-state index contributed by atoms with van der Waals surface area (Å²) in [6.07, 6.45) is 2.07. The summed E-state index contributed by atoms with van der Waals surface area (Å²) in [7, 11) is 0. The average Bonchev–Trinajstić information content (AvgIpc) is 2.89. The summed E-state index contributed by atoms with van der Waals surface area (Å²) < 4.78 is 7.43. The summed E-state index contributed by atoms with van der Waals surface area (Å²) in [5.74, 6) is 1.57. The van der Waals surface area contributed by atoms with Gasteiger partial charge in [-0.2, -0.15) is 0 Å². The average molecular weight is 247 g/mol. The lowest BCUT2D eigenvalue weighted by Gasteiger charge is -2.10. The molecule has 0 radical (unpaired) electrons. The van der Waals surface area contributed by atoms with Crippen LogP contribution in [0.25, 0.3) is 0 Å². The molecule has 98 valence electrons. The number of aromatic nitrogens is 2. The summed E-state index contributed by atoms with van der Waals surface area (Å²) in [6.45, 7) is 9.03. The van der Waals surface area contributed by atoms with Crippen molar-refractivity contribution in [3.05, 3.63) is 41.5 Å². The fourth-order valence-corrected chi connectivity index (χ4v) is 1.91. The zero-order chi connectivity index (χ0) is 13.0. The largest absolute Gasteiger partial charge is 0.359 e. The molecule has 0 saturated carbocycles. The molecule has 4 heteroatoms. The fraction of sp³-hybridized carbons (Fsp3) is 0.500. The van der Waals surface area contributed by atoms with Crippen molar-refractivity contribution < 1.29 is 4.52 Å². The topological polar surface area (TPSA) is 43.0 Å². The van der Waals surface area contributed by atoms with Crippen LogP contribution in [0.15, 0.2) is 28.9 Å². The van der Waals surface area contributed by atoms with E-state index in [2.05, 4.69) is 47.2 Å². The summed E-state index contributed by atoms with van der Waals surface area (Å²) in [4.78, 5) is 0. The Morgan fingerprint density at radius 3 is 2.94 bits per heavy atom. The summed E-state index contributed by atoms with van der Waals surface area (Å²) in [5.41, 5.74) is 2.20. The number of hydrogen-bond acceptors (Lipinski definition) is 3. The van der Waals surface area contributed by atoms with Crippen LogP contribution in [0.5, 0.6) is 0 Å². The molecule has 0 aromatic carbocycles. The van der Waals surface area contributed by atoms with Gasteiger partial charge in [-0.25, -0.2) is 0 Å². The van der Waals surface area contributed by atoms with E-state index in [1.54, 1.807) is 0 Å². The molecule has 18 heavy (non-hydrogen) atoms. The maximum absolute atomic E-state index is 5.24. The lowest BCUT2D eigenvalue weighted by Crippen LogP contribution is -2.20. The highest BCUT2D eigenvalue weighted by atomic mass is 16.5. The van der Waals surface area contributed by atoms with Crippen molar-refractivity contribution in [1.82, 2.24) is 15.0 Å². The highest BCUT2D eigenvalue weighted by Crippen LogP contribution is 2.09. The SMILES string of the molecule is Cc1cc(Cn2cccc2CNCC(C)C)on1. The maximum atomic E-state index is 5.24. The smallest absolute Gasteiger partial charge is 0.156 e. The second-order valence-corrected chi connectivity index (χ2v) is 5.09. The number of hydrogen-bond donors (Lipinski definition) is 1. The molecule has 0 aliphatic rings. The van der Waals surface area contributed by atoms with Gasteiger partial charge in [-0.05, 0) is 31.5 Å². The summed E-state index contributed by atoms with van der Waals surface area (Å²) in [6, 6.07) is 6.18. The van der Waals surface area contributed by atoms with Gasteiger partial charge in [-0.1, -0.05) is 19.0 Å². The highest BCUT2D eigenvalue weighted by Gasteiger charge is 2.05. The Labute approximate surface area is 108 Å². The standard InChI is InChI=1S/C14H21N3O/c1-11(2)8-15-9-13-5-4-6-17(13)10-14-7-12(3)16-18-14/h4-7,11,15H,8-10H2,1-3H3. The summed E-state index contributed by atoms with van der Waals surface area (Å²) >= 11 is 0. The van der Waals surface area contributed by atoms with Crippen molar-refractivity contribution in [1.29, 1.82) is 0 Å². The van der Waals surface area contributed by atoms with Crippen LogP contribution in [0, 0.1) is 12.8 Å². The van der Waals surface area contributed by atoms with Crippen molar-refractivity contribution in [2.45, 2.75) is 33.9 Å². The van der Waals surface area contributed by atoms with Crippen LogP contribution in [-0.2, 0) is 13.1 Å². The van der Waals surface area contributed by atoms with Crippen molar-refractivity contribution in [2.75, 3.05) is 6.54 Å². The minimum absolute atomic E-state index is 0.672. The minimum Gasteiger partial charge on any atom is -0.359 e. The molecule has 0 aliphatic carbocycles.